The van der Waals surface area contributed by atoms with Crippen LogP contribution in [0.3, 0.4) is 0 Å². The van der Waals surface area contributed by atoms with Crippen molar-refractivity contribution in [2.24, 2.45) is 9.98 Å². The predicted octanol–water partition coefficient (Wildman–Crippen LogP) is 3.77. The molecule has 1 heterocycles. The second kappa shape index (κ2) is 9.24. The van der Waals surface area contributed by atoms with Crippen molar-refractivity contribution in [3.63, 3.8) is 0 Å². The Hall–Kier alpha value is -2.13. The molecular formula is C19H23N4Ni-. The molecule has 2 aromatic carbocycles. The summed E-state index contributed by atoms with van der Waals surface area (Å²) < 4.78 is 0. The summed E-state index contributed by atoms with van der Waals surface area (Å²) in [5.41, 5.74) is 1.89. The summed E-state index contributed by atoms with van der Waals surface area (Å²) >= 11 is 0. The minimum absolute atomic E-state index is 0. The zero-order valence-corrected chi connectivity index (χ0v) is 15.3. The van der Waals surface area contributed by atoms with Gasteiger partial charge in [-0.3, -0.25) is 0 Å². The Bertz CT molecular complexity index is 622. The van der Waals surface area contributed by atoms with Crippen LogP contribution in [0.5, 0.6) is 0 Å². The fourth-order valence-corrected chi connectivity index (χ4v) is 2.37. The van der Waals surface area contributed by atoms with E-state index in [1.807, 2.05) is 60.7 Å². The smallest absolute Gasteiger partial charge is 0.172 e. The first-order valence-electron chi connectivity index (χ1n) is 7.44. The van der Waals surface area contributed by atoms with Gasteiger partial charge in [-0.05, 0) is 24.3 Å². The van der Waals surface area contributed by atoms with E-state index >= 15 is 0 Å². The summed E-state index contributed by atoms with van der Waals surface area (Å²) in [7, 11) is 4.13. The average Bonchev–Trinajstić information content (AvgIpc) is 2.56. The molecule has 0 N–H and O–H groups in total. The van der Waals surface area contributed by atoms with Crippen molar-refractivity contribution < 1.29 is 16.5 Å². The summed E-state index contributed by atoms with van der Waals surface area (Å²) in [4.78, 5) is 13.9. The third kappa shape index (κ3) is 4.68. The molecule has 1 saturated heterocycles. The van der Waals surface area contributed by atoms with E-state index in [1.165, 1.54) is 0 Å². The first kappa shape index (κ1) is 19.9. The van der Waals surface area contributed by atoms with Gasteiger partial charge in [0.05, 0.1) is 11.4 Å². The molecule has 3 rings (SSSR count). The number of piperazine rings is 1. The van der Waals surface area contributed by atoms with Crippen LogP contribution in [0, 0.1) is 7.43 Å². The van der Waals surface area contributed by atoms with Crippen molar-refractivity contribution in [1.29, 1.82) is 0 Å². The van der Waals surface area contributed by atoms with E-state index in [9.17, 15) is 0 Å². The first-order chi connectivity index (χ1) is 10.7. The largest absolute Gasteiger partial charge is 0.358 e. The van der Waals surface area contributed by atoms with Gasteiger partial charge in [-0.25, -0.2) is 9.98 Å². The molecule has 2 aromatic rings. The van der Waals surface area contributed by atoms with E-state index in [0.29, 0.717) is 0 Å². The molecule has 4 nitrogen and oxygen atoms in total. The minimum atomic E-state index is 0. The van der Waals surface area contributed by atoms with Gasteiger partial charge >= 0.3 is 0 Å². The van der Waals surface area contributed by atoms with Crippen LogP contribution in [-0.2, 0) is 16.5 Å². The van der Waals surface area contributed by atoms with Crippen LogP contribution >= 0.6 is 0 Å². The van der Waals surface area contributed by atoms with Crippen molar-refractivity contribution in [3.05, 3.63) is 68.1 Å². The van der Waals surface area contributed by atoms with Crippen LogP contribution in [0.25, 0.3) is 0 Å². The van der Waals surface area contributed by atoms with Crippen molar-refractivity contribution in [1.82, 2.24) is 9.80 Å². The number of hydrogen-bond acceptors (Lipinski definition) is 2. The Morgan fingerprint density at radius 2 is 1.00 bits per heavy atom. The number of rotatable bonds is 2. The van der Waals surface area contributed by atoms with E-state index in [-0.39, 0.29) is 23.9 Å². The zero-order valence-electron chi connectivity index (χ0n) is 14.3. The summed E-state index contributed by atoms with van der Waals surface area (Å²) in [6.07, 6.45) is 0. The second-order valence-electron chi connectivity index (χ2n) is 5.39. The quantitative estimate of drug-likeness (QED) is 0.599. The Morgan fingerprint density at radius 3 is 1.33 bits per heavy atom. The average molecular weight is 366 g/mol. The van der Waals surface area contributed by atoms with Gasteiger partial charge in [-0.15, -0.1) is 0 Å². The molecule has 5 heteroatoms. The Morgan fingerprint density at radius 1 is 0.667 bits per heavy atom. The van der Waals surface area contributed by atoms with Gasteiger partial charge in [-0.1, -0.05) is 36.4 Å². The topological polar surface area (TPSA) is 31.2 Å². The van der Waals surface area contributed by atoms with Gasteiger partial charge < -0.3 is 17.2 Å². The van der Waals surface area contributed by atoms with Crippen LogP contribution in [0.2, 0.25) is 0 Å². The van der Waals surface area contributed by atoms with Crippen molar-refractivity contribution >= 4 is 23.0 Å². The fourth-order valence-electron chi connectivity index (χ4n) is 2.37. The van der Waals surface area contributed by atoms with E-state index in [1.54, 1.807) is 0 Å². The molecule has 0 aliphatic carbocycles. The van der Waals surface area contributed by atoms with Gasteiger partial charge in [-0.2, -0.15) is 0 Å². The van der Waals surface area contributed by atoms with Crippen molar-refractivity contribution in [2.75, 3.05) is 27.2 Å². The maximum Gasteiger partial charge on any atom is 0.172 e. The molecule has 0 radical (unpaired) electrons. The Balaban J connectivity index is 0.00000144. The van der Waals surface area contributed by atoms with Crippen LogP contribution in [0.1, 0.15) is 0 Å². The number of aliphatic imine (C=N–C) groups is 2. The van der Waals surface area contributed by atoms with Crippen LogP contribution in [0.4, 0.5) is 11.4 Å². The number of likely N-dealkylation sites (N-methyl/N-ethyl adjacent to an activating group) is 2. The van der Waals surface area contributed by atoms with Crippen molar-refractivity contribution in [2.45, 2.75) is 0 Å². The molecule has 0 spiro atoms. The molecule has 0 bridgehead atoms. The van der Waals surface area contributed by atoms with Crippen LogP contribution in [-0.4, -0.2) is 48.7 Å². The van der Waals surface area contributed by atoms with Crippen LogP contribution < -0.4 is 0 Å². The van der Waals surface area contributed by atoms with Gasteiger partial charge in [0.25, 0.3) is 0 Å². The summed E-state index contributed by atoms with van der Waals surface area (Å²) in [6.45, 7) is 1.88. The zero-order chi connectivity index (χ0) is 15.4. The summed E-state index contributed by atoms with van der Waals surface area (Å²) in [5.74, 6) is 1.81. The molecule has 0 amide bonds. The maximum atomic E-state index is 4.80. The molecular weight excluding hydrogens is 343 g/mol. The molecule has 0 saturated carbocycles. The third-order valence-electron chi connectivity index (χ3n) is 3.68. The normalized spacial score (nSPS) is 17.4. The number of hydrogen-bond donors (Lipinski definition) is 0. The van der Waals surface area contributed by atoms with Gasteiger partial charge in [0.1, 0.15) is 0 Å². The molecule has 1 aliphatic heterocycles. The maximum absolute atomic E-state index is 4.80. The van der Waals surface area contributed by atoms with Gasteiger partial charge in [0, 0.05) is 43.7 Å². The molecule has 1 aliphatic rings. The monoisotopic (exact) mass is 365 g/mol. The van der Waals surface area contributed by atoms with Gasteiger partial charge in [0.15, 0.2) is 11.7 Å². The Labute approximate surface area is 154 Å². The van der Waals surface area contributed by atoms with Crippen LogP contribution in [0.15, 0.2) is 70.6 Å². The molecule has 1 fully saturated rings. The molecule has 0 aromatic heterocycles. The molecule has 24 heavy (non-hydrogen) atoms. The van der Waals surface area contributed by atoms with E-state index in [0.717, 1.165) is 36.1 Å². The first-order valence-corrected chi connectivity index (χ1v) is 7.44. The van der Waals surface area contributed by atoms with Crippen molar-refractivity contribution in [3.8, 4) is 0 Å². The van der Waals surface area contributed by atoms with Gasteiger partial charge in [0.2, 0.25) is 0 Å². The minimum Gasteiger partial charge on any atom is -0.358 e. The summed E-state index contributed by atoms with van der Waals surface area (Å²) in [5, 5.41) is 0. The SMILES string of the molecule is CN1CCN(C)C(=Nc2ccccc2)C1=Nc1ccccc1.[CH3-].[Ni]. The second-order valence-corrected chi connectivity index (χ2v) is 5.39. The number of benzene rings is 2. The molecule has 130 valence electrons. The number of nitrogens with zero attached hydrogens (tertiary/aromatic N) is 4. The number of amidine groups is 2. The standard InChI is InChI=1S/C18H20N4.CH3.Ni/c1-21-13-14-22(2)18(20-16-11-7-4-8-12-16)17(21)19-15-9-5-3-6-10-15;;/h3-12H,13-14H2,1-2H3;1H3;/q;-1;. The third-order valence-corrected chi connectivity index (χ3v) is 3.68. The Kier molecular flexibility index (Phi) is 7.67. The predicted molar refractivity (Wildman–Crippen MR) is 98.7 cm³/mol. The molecule has 0 atom stereocenters. The van der Waals surface area contributed by atoms with E-state index in [2.05, 4.69) is 23.9 Å². The van der Waals surface area contributed by atoms with E-state index < -0.39 is 0 Å². The fraction of sp³-hybridized carbons (Fsp3) is 0.211. The summed E-state index contributed by atoms with van der Waals surface area (Å²) in [6, 6.07) is 20.0. The van der Waals surface area contributed by atoms with E-state index in [4.69, 9.17) is 9.98 Å². The number of para-hydroxylation sites is 2. The molecule has 0 unspecified atom stereocenters.